The van der Waals surface area contributed by atoms with Crippen LogP contribution in [0.4, 0.5) is 17.6 Å². The summed E-state index contributed by atoms with van der Waals surface area (Å²) in [5, 5.41) is 0. The van der Waals surface area contributed by atoms with Crippen molar-refractivity contribution in [2.75, 3.05) is 0 Å². The van der Waals surface area contributed by atoms with E-state index in [4.69, 9.17) is 0 Å². The van der Waals surface area contributed by atoms with Crippen molar-refractivity contribution in [1.82, 2.24) is 0 Å². The van der Waals surface area contributed by atoms with E-state index in [9.17, 15) is 27.2 Å². The molecule has 0 aliphatic carbocycles. The summed E-state index contributed by atoms with van der Waals surface area (Å²) in [6.07, 6.45) is 1.70. The lowest BCUT2D eigenvalue weighted by Gasteiger charge is -2.11. The van der Waals surface area contributed by atoms with Crippen LogP contribution in [-0.2, 0) is 9.59 Å². The third kappa shape index (κ3) is 4.41. The van der Waals surface area contributed by atoms with Gasteiger partial charge in [0.1, 0.15) is 0 Å². The highest BCUT2D eigenvalue weighted by atomic mass is 19.2. The Kier molecular flexibility index (Phi) is 6.12. The fourth-order valence-corrected chi connectivity index (χ4v) is 2.07. The van der Waals surface area contributed by atoms with Crippen LogP contribution >= 0.6 is 0 Å². The highest BCUT2D eigenvalue weighted by molar-refractivity contribution is 5.83. The molecule has 0 saturated carbocycles. The molecule has 0 aliphatic heterocycles. The molecule has 0 fully saturated rings. The summed E-state index contributed by atoms with van der Waals surface area (Å²) in [5.74, 6) is -9.23. The highest BCUT2D eigenvalue weighted by Gasteiger charge is 2.21. The Morgan fingerprint density at radius 2 is 1.59 bits per heavy atom. The molecule has 0 saturated heterocycles. The molecule has 0 amide bonds. The molecule has 0 unspecified atom stereocenters. The molecule has 27 heavy (non-hydrogen) atoms. The Balaban J connectivity index is 2.42. The Labute approximate surface area is 151 Å². The average molecular weight is 380 g/mol. The van der Waals surface area contributed by atoms with E-state index in [1.165, 1.54) is 6.08 Å². The van der Waals surface area contributed by atoms with Crippen molar-refractivity contribution in [2.24, 2.45) is 0 Å². The van der Waals surface area contributed by atoms with Gasteiger partial charge in [-0.1, -0.05) is 12.7 Å². The number of hydrogen-bond acceptors (Lipinski definition) is 4. The van der Waals surface area contributed by atoms with Crippen LogP contribution in [0.1, 0.15) is 6.42 Å². The maximum Gasteiger partial charge on any atom is 0.335 e. The summed E-state index contributed by atoms with van der Waals surface area (Å²) in [4.78, 5) is 22.4. The average Bonchev–Trinajstić information content (AvgIpc) is 2.62. The minimum Gasteiger partial charge on any atom is -0.423 e. The minimum absolute atomic E-state index is 0.218. The molecule has 0 bridgehead atoms. The van der Waals surface area contributed by atoms with Gasteiger partial charge in [-0.2, -0.15) is 4.39 Å². The molecule has 0 atom stereocenters. The van der Waals surface area contributed by atoms with Crippen LogP contribution in [0.5, 0.6) is 11.5 Å². The lowest BCUT2D eigenvalue weighted by molar-refractivity contribution is -0.133. The summed E-state index contributed by atoms with van der Waals surface area (Å²) in [6, 6.07) is 3.25. The summed E-state index contributed by atoms with van der Waals surface area (Å²) in [5.41, 5.74) is -0.848. The van der Waals surface area contributed by atoms with E-state index >= 15 is 0 Å². The van der Waals surface area contributed by atoms with Crippen molar-refractivity contribution < 1.29 is 36.6 Å². The van der Waals surface area contributed by atoms with Crippen LogP contribution in [0.25, 0.3) is 11.1 Å². The zero-order valence-electron chi connectivity index (χ0n) is 13.7. The zero-order chi connectivity index (χ0) is 20.1. The van der Waals surface area contributed by atoms with E-state index in [0.717, 1.165) is 12.1 Å². The van der Waals surface area contributed by atoms with Crippen molar-refractivity contribution >= 4 is 11.9 Å². The molecule has 0 spiro atoms. The van der Waals surface area contributed by atoms with E-state index in [-0.39, 0.29) is 12.0 Å². The first kappa shape index (κ1) is 19.9. The molecule has 8 heteroatoms. The van der Waals surface area contributed by atoms with Gasteiger partial charge in [-0.15, -0.1) is 6.58 Å². The Bertz CT molecular complexity index is 915. The Hall–Kier alpha value is -3.42. The maximum atomic E-state index is 14.3. The molecule has 2 rings (SSSR count). The maximum absolute atomic E-state index is 14.3. The van der Waals surface area contributed by atoms with Crippen LogP contribution in [-0.4, -0.2) is 11.9 Å². The standard InChI is InChI=1S/C19H12F4O4/c1-3-5-16(25)26-14-7-6-11(17(22)18(14)23)10-8-12(20)19(13(21)9-10)27-15(24)4-2/h3-4,6-9H,1-2,5H2. The van der Waals surface area contributed by atoms with E-state index in [2.05, 4.69) is 22.6 Å². The van der Waals surface area contributed by atoms with Gasteiger partial charge in [0.2, 0.25) is 11.6 Å². The number of hydrogen-bond donors (Lipinski definition) is 0. The number of carbonyl (C=O) groups is 2. The lowest BCUT2D eigenvalue weighted by Crippen LogP contribution is -2.09. The Morgan fingerprint density at radius 1 is 0.963 bits per heavy atom. The van der Waals surface area contributed by atoms with E-state index in [0.29, 0.717) is 18.2 Å². The van der Waals surface area contributed by atoms with Crippen molar-refractivity contribution in [2.45, 2.75) is 6.42 Å². The van der Waals surface area contributed by atoms with Crippen LogP contribution in [0, 0.1) is 23.3 Å². The topological polar surface area (TPSA) is 52.6 Å². The summed E-state index contributed by atoms with van der Waals surface area (Å²) < 4.78 is 65.5. The molecular formula is C19H12F4O4. The van der Waals surface area contributed by atoms with E-state index < -0.39 is 52.3 Å². The van der Waals surface area contributed by atoms with Crippen LogP contribution in [0.3, 0.4) is 0 Å². The van der Waals surface area contributed by atoms with Gasteiger partial charge in [-0.05, 0) is 29.8 Å². The second-order valence-electron chi connectivity index (χ2n) is 5.10. The minimum atomic E-state index is -1.51. The SMILES string of the molecule is C=CCC(=O)Oc1ccc(-c2cc(F)c(OC(=O)C=C)c(F)c2)c(F)c1F. The molecule has 4 nitrogen and oxygen atoms in total. The summed E-state index contributed by atoms with van der Waals surface area (Å²) in [6.45, 7) is 6.40. The van der Waals surface area contributed by atoms with Crippen molar-refractivity contribution in [3.05, 3.63) is 72.8 Å². The van der Waals surface area contributed by atoms with Gasteiger partial charge in [0.15, 0.2) is 23.2 Å². The van der Waals surface area contributed by atoms with Crippen molar-refractivity contribution in [1.29, 1.82) is 0 Å². The molecular weight excluding hydrogens is 368 g/mol. The third-order valence-corrected chi connectivity index (χ3v) is 3.26. The molecule has 0 aliphatic rings. The van der Waals surface area contributed by atoms with E-state index in [1.807, 2.05) is 0 Å². The summed E-state index contributed by atoms with van der Waals surface area (Å²) >= 11 is 0. The molecule has 0 heterocycles. The fraction of sp³-hybridized carbons (Fsp3) is 0.0526. The molecule has 0 N–H and O–H groups in total. The van der Waals surface area contributed by atoms with Gasteiger partial charge in [-0.3, -0.25) is 4.79 Å². The zero-order valence-corrected chi connectivity index (χ0v) is 13.7. The first-order chi connectivity index (χ1) is 12.8. The van der Waals surface area contributed by atoms with Gasteiger partial charge in [0, 0.05) is 11.6 Å². The van der Waals surface area contributed by atoms with Gasteiger partial charge in [0.05, 0.1) is 6.42 Å². The third-order valence-electron chi connectivity index (χ3n) is 3.26. The number of rotatable bonds is 6. The predicted molar refractivity (Wildman–Crippen MR) is 88.0 cm³/mol. The molecule has 0 radical (unpaired) electrons. The van der Waals surface area contributed by atoms with Gasteiger partial charge >= 0.3 is 11.9 Å². The second kappa shape index (κ2) is 8.31. The number of benzene rings is 2. The molecule has 2 aromatic carbocycles. The number of carbonyl (C=O) groups excluding carboxylic acids is 2. The van der Waals surface area contributed by atoms with Gasteiger partial charge in [0.25, 0.3) is 0 Å². The van der Waals surface area contributed by atoms with Crippen LogP contribution in [0.2, 0.25) is 0 Å². The number of esters is 2. The normalized spacial score (nSPS) is 10.2. The quantitative estimate of drug-likeness (QED) is 0.244. The van der Waals surface area contributed by atoms with Gasteiger partial charge in [-0.25, -0.2) is 18.0 Å². The first-order valence-corrected chi connectivity index (χ1v) is 7.41. The van der Waals surface area contributed by atoms with Gasteiger partial charge < -0.3 is 9.47 Å². The van der Waals surface area contributed by atoms with Crippen molar-refractivity contribution in [3.63, 3.8) is 0 Å². The van der Waals surface area contributed by atoms with E-state index in [1.54, 1.807) is 0 Å². The Morgan fingerprint density at radius 3 is 2.15 bits per heavy atom. The first-order valence-electron chi connectivity index (χ1n) is 7.41. The van der Waals surface area contributed by atoms with Crippen LogP contribution in [0.15, 0.2) is 49.6 Å². The predicted octanol–water partition coefficient (Wildman–Crippen LogP) is 4.48. The second-order valence-corrected chi connectivity index (χ2v) is 5.10. The molecule has 2 aromatic rings. The molecule has 140 valence electrons. The van der Waals surface area contributed by atoms with Crippen LogP contribution < -0.4 is 9.47 Å². The summed E-state index contributed by atoms with van der Waals surface area (Å²) in [7, 11) is 0. The largest absolute Gasteiger partial charge is 0.423 e. The highest BCUT2D eigenvalue weighted by Crippen LogP contribution is 2.33. The smallest absolute Gasteiger partial charge is 0.335 e. The lowest BCUT2D eigenvalue weighted by atomic mass is 10.0. The number of ether oxygens (including phenoxy) is 2. The molecule has 0 aromatic heterocycles. The fourth-order valence-electron chi connectivity index (χ4n) is 2.07. The monoisotopic (exact) mass is 380 g/mol. The van der Waals surface area contributed by atoms with Crippen molar-refractivity contribution in [3.8, 4) is 22.6 Å². The number of halogens is 4.